The number of nitro groups is 1. The van der Waals surface area contributed by atoms with Crippen molar-refractivity contribution in [1.82, 2.24) is 0 Å². The van der Waals surface area contributed by atoms with Gasteiger partial charge in [-0.2, -0.15) is 0 Å². The molecule has 3 N–H and O–H groups in total. The Morgan fingerprint density at radius 1 is 1.50 bits per heavy atom. The van der Waals surface area contributed by atoms with Gasteiger partial charge in [-0.05, 0) is 19.1 Å². The molecule has 0 heterocycles. The van der Waals surface area contributed by atoms with Crippen LogP contribution < -0.4 is 11.1 Å². The van der Waals surface area contributed by atoms with Gasteiger partial charge >= 0.3 is 0 Å². The summed E-state index contributed by atoms with van der Waals surface area (Å²) >= 11 is 0. The highest BCUT2D eigenvalue weighted by Crippen LogP contribution is 2.21. The first-order valence-electron chi connectivity index (χ1n) is 4.99. The van der Waals surface area contributed by atoms with Crippen molar-refractivity contribution in [2.45, 2.75) is 6.92 Å². The third-order valence-corrected chi connectivity index (χ3v) is 2.12. The number of benzene rings is 1. The Kier molecular flexibility index (Phi) is 4.47. The van der Waals surface area contributed by atoms with Gasteiger partial charge < -0.3 is 11.1 Å². The van der Waals surface area contributed by atoms with Crippen LogP contribution in [0.1, 0.15) is 5.56 Å². The third kappa shape index (κ3) is 3.36. The minimum Gasteiger partial charge on any atom is -0.382 e. The molecule has 0 atom stereocenters. The van der Waals surface area contributed by atoms with Gasteiger partial charge in [0.2, 0.25) is 0 Å². The largest absolute Gasteiger partial charge is 0.382 e. The van der Waals surface area contributed by atoms with Gasteiger partial charge in [0, 0.05) is 30.4 Å². The second kappa shape index (κ2) is 5.87. The number of nitro benzene ring substituents is 1. The minimum atomic E-state index is -0.382. The zero-order valence-corrected chi connectivity index (χ0v) is 9.14. The van der Waals surface area contributed by atoms with E-state index in [2.05, 4.69) is 5.32 Å². The van der Waals surface area contributed by atoms with Crippen LogP contribution >= 0.6 is 0 Å². The zero-order chi connectivity index (χ0) is 12.0. The highest BCUT2D eigenvalue weighted by atomic mass is 16.6. The molecule has 0 aromatic heterocycles. The van der Waals surface area contributed by atoms with E-state index in [1.807, 2.05) is 12.2 Å². The Morgan fingerprint density at radius 2 is 2.25 bits per heavy atom. The lowest BCUT2D eigenvalue weighted by molar-refractivity contribution is -0.385. The fourth-order valence-corrected chi connectivity index (χ4v) is 1.33. The van der Waals surface area contributed by atoms with Gasteiger partial charge in [0.25, 0.3) is 5.69 Å². The van der Waals surface area contributed by atoms with Gasteiger partial charge in [-0.25, -0.2) is 0 Å². The van der Waals surface area contributed by atoms with Crippen LogP contribution in [0.25, 0.3) is 0 Å². The molecule has 1 aromatic carbocycles. The van der Waals surface area contributed by atoms with E-state index in [1.165, 1.54) is 6.07 Å². The normalized spacial score (nSPS) is 10.6. The van der Waals surface area contributed by atoms with Crippen LogP contribution in [0.15, 0.2) is 30.4 Å². The maximum atomic E-state index is 10.6. The van der Waals surface area contributed by atoms with Crippen LogP contribution in [0.3, 0.4) is 0 Å². The molecule has 0 aliphatic rings. The average molecular weight is 221 g/mol. The number of nitrogens with zero attached hydrogens (tertiary/aromatic N) is 1. The fourth-order valence-electron chi connectivity index (χ4n) is 1.33. The Hall–Kier alpha value is -1.88. The first-order valence-corrected chi connectivity index (χ1v) is 4.99. The summed E-state index contributed by atoms with van der Waals surface area (Å²) in [5.41, 5.74) is 6.95. The highest BCUT2D eigenvalue weighted by Gasteiger charge is 2.09. The molecule has 0 aliphatic heterocycles. The van der Waals surface area contributed by atoms with E-state index in [1.54, 1.807) is 19.1 Å². The lowest BCUT2D eigenvalue weighted by atomic mass is 10.2. The Bertz CT molecular complexity index is 402. The number of anilines is 1. The maximum Gasteiger partial charge on any atom is 0.272 e. The zero-order valence-electron chi connectivity index (χ0n) is 9.14. The van der Waals surface area contributed by atoms with Crippen LogP contribution in [0, 0.1) is 17.0 Å². The number of hydrogen-bond donors (Lipinski definition) is 2. The van der Waals surface area contributed by atoms with Crippen molar-refractivity contribution < 1.29 is 4.92 Å². The standard InChI is InChI=1S/C11H15N3O2/c1-9-8-10(13-7-3-2-6-12)4-5-11(9)14(15)16/h2-5,8,13H,6-7,12H2,1H3/b3-2+. The van der Waals surface area contributed by atoms with Crippen LogP contribution in [-0.4, -0.2) is 18.0 Å². The van der Waals surface area contributed by atoms with Gasteiger partial charge in [-0.15, -0.1) is 0 Å². The van der Waals surface area contributed by atoms with E-state index in [4.69, 9.17) is 5.73 Å². The molecule has 5 heteroatoms. The summed E-state index contributed by atoms with van der Waals surface area (Å²) in [7, 11) is 0. The molecule has 0 fully saturated rings. The predicted octanol–water partition coefficient (Wildman–Crippen LogP) is 1.83. The highest BCUT2D eigenvalue weighted by molar-refractivity contribution is 5.53. The molecule has 0 unspecified atom stereocenters. The fraction of sp³-hybridized carbons (Fsp3) is 0.273. The summed E-state index contributed by atoms with van der Waals surface area (Å²) < 4.78 is 0. The summed E-state index contributed by atoms with van der Waals surface area (Å²) in [5.74, 6) is 0. The quantitative estimate of drug-likeness (QED) is 0.451. The monoisotopic (exact) mass is 221 g/mol. The van der Waals surface area contributed by atoms with Crippen LogP contribution in [0.5, 0.6) is 0 Å². The van der Waals surface area contributed by atoms with Gasteiger partial charge in [0.15, 0.2) is 0 Å². The summed E-state index contributed by atoms with van der Waals surface area (Å²) in [5, 5.41) is 13.7. The summed E-state index contributed by atoms with van der Waals surface area (Å²) in [6.07, 6.45) is 3.77. The van der Waals surface area contributed by atoms with Crippen molar-refractivity contribution in [1.29, 1.82) is 0 Å². The molecule has 86 valence electrons. The SMILES string of the molecule is Cc1cc(NC/C=C/CN)ccc1[N+](=O)[O-]. The summed E-state index contributed by atoms with van der Waals surface area (Å²) in [6.45, 7) is 2.90. The smallest absolute Gasteiger partial charge is 0.272 e. The Morgan fingerprint density at radius 3 is 2.81 bits per heavy atom. The average Bonchev–Trinajstić information content (AvgIpc) is 2.24. The van der Waals surface area contributed by atoms with Crippen molar-refractivity contribution in [2.24, 2.45) is 5.73 Å². The van der Waals surface area contributed by atoms with Crippen LogP contribution in [-0.2, 0) is 0 Å². The number of rotatable bonds is 5. The van der Waals surface area contributed by atoms with E-state index in [9.17, 15) is 10.1 Å². The molecular weight excluding hydrogens is 206 g/mol. The topological polar surface area (TPSA) is 81.2 Å². The van der Waals surface area contributed by atoms with Gasteiger partial charge in [0.05, 0.1) is 4.92 Å². The lowest BCUT2D eigenvalue weighted by Crippen LogP contribution is -2.01. The molecule has 0 amide bonds. The molecule has 16 heavy (non-hydrogen) atoms. The second-order valence-corrected chi connectivity index (χ2v) is 3.35. The number of hydrogen-bond acceptors (Lipinski definition) is 4. The van der Waals surface area contributed by atoms with Crippen LogP contribution in [0.4, 0.5) is 11.4 Å². The van der Waals surface area contributed by atoms with Gasteiger partial charge in [-0.3, -0.25) is 10.1 Å². The van der Waals surface area contributed by atoms with E-state index in [-0.39, 0.29) is 10.6 Å². The molecular formula is C11H15N3O2. The van der Waals surface area contributed by atoms with Crippen molar-refractivity contribution >= 4 is 11.4 Å². The first-order chi connectivity index (χ1) is 7.65. The molecule has 0 aliphatic carbocycles. The maximum absolute atomic E-state index is 10.6. The Balaban J connectivity index is 2.66. The molecule has 0 radical (unpaired) electrons. The third-order valence-electron chi connectivity index (χ3n) is 2.12. The van der Waals surface area contributed by atoms with E-state index in [0.717, 1.165) is 5.69 Å². The molecule has 0 saturated carbocycles. The van der Waals surface area contributed by atoms with E-state index in [0.29, 0.717) is 18.7 Å². The van der Waals surface area contributed by atoms with Crippen molar-refractivity contribution in [3.8, 4) is 0 Å². The predicted molar refractivity (Wildman–Crippen MR) is 64.5 cm³/mol. The minimum absolute atomic E-state index is 0.142. The van der Waals surface area contributed by atoms with E-state index >= 15 is 0 Å². The second-order valence-electron chi connectivity index (χ2n) is 3.35. The molecule has 1 rings (SSSR count). The van der Waals surface area contributed by atoms with Crippen molar-refractivity contribution in [3.05, 3.63) is 46.0 Å². The van der Waals surface area contributed by atoms with E-state index < -0.39 is 0 Å². The number of nitrogens with two attached hydrogens (primary N) is 1. The van der Waals surface area contributed by atoms with Gasteiger partial charge in [-0.1, -0.05) is 12.2 Å². The molecule has 0 bridgehead atoms. The summed E-state index contributed by atoms with van der Waals surface area (Å²) in [4.78, 5) is 10.2. The van der Waals surface area contributed by atoms with Crippen LogP contribution in [0.2, 0.25) is 0 Å². The molecule has 1 aromatic rings. The lowest BCUT2D eigenvalue weighted by Gasteiger charge is -2.04. The van der Waals surface area contributed by atoms with Gasteiger partial charge in [0.1, 0.15) is 0 Å². The molecule has 5 nitrogen and oxygen atoms in total. The van der Waals surface area contributed by atoms with Crippen molar-refractivity contribution in [3.63, 3.8) is 0 Å². The number of nitrogens with one attached hydrogen (secondary N) is 1. The molecule has 0 spiro atoms. The Labute approximate surface area is 94.1 Å². The first kappa shape index (κ1) is 12.2. The summed E-state index contributed by atoms with van der Waals surface area (Å²) in [6, 6.07) is 4.96. The number of aryl methyl sites for hydroxylation is 1. The molecule has 0 saturated heterocycles. The van der Waals surface area contributed by atoms with Crippen molar-refractivity contribution in [2.75, 3.05) is 18.4 Å².